The number of methoxy groups -OCH3 is 2. The second kappa shape index (κ2) is 5.96. The number of tetrazole rings is 1. The van der Waals surface area contributed by atoms with Gasteiger partial charge in [0.05, 0.1) is 14.2 Å². The molecule has 0 unspecified atom stereocenters. The topological polar surface area (TPSA) is 104 Å². The van der Waals surface area contributed by atoms with Crippen molar-refractivity contribution in [1.29, 1.82) is 0 Å². The Hall–Kier alpha value is -2.71. The van der Waals surface area contributed by atoms with Crippen LogP contribution in [0.5, 0.6) is 11.6 Å². The molecule has 1 N–H and O–H groups in total. The number of nitrogens with zero attached hydrogens (tertiary/aromatic N) is 5. The van der Waals surface area contributed by atoms with E-state index in [1.807, 2.05) is 0 Å². The molecule has 0 aliphatic heterocycles. The lowest BCUT2D eigenvalue weighted by molar-refractivity contribution is -0.117. The first-order chi connectivity index (χ1) is 10.7. The zero-order valence-corrected chi connectivity index (χ0v) is 12.3. The van der Waals surface area contributed by atoms with Crippen LogP contribution < -0.4 is 14.8 Å². The van der Waals surface area contributed by atoms with E-state index in [4.69, 9.17) is 9.47 Å². The van der Waals surface area contributed by atoms with Crippen molar-refractivity contribution in [1.82, 2.24) is 25.2 Å². The van der Waals surface area contributed by atoms with Crippen LogP contribution in [0.3, 0.4) is 0 Å². The van der Waals surface area contributed by atoms with E-state index in [2.05, 4.69) is 25.8 Å². The number of rotatable bonds is 6. The number of hydrogen-bond donors (Lipinski definition) is 1. The molecular weight excluding hydrogens is 288 g/mol. The van der Waals surface area contributed by atoms with Gasteiger partial charge in [0, 0.05) is 18.1 Å². The molecule has 2 aromatic rings. The minimum atomic E-state index is -0.267. The zero-order valence-electron chi connectivity index (χ0n) is 12.3. The molecule has 9 heteroatoms. The van der Waals surface area contributed by atoms with Gasteiger partial charge in [0.15, 0.2) is 5.82 Å². The first-order valence-corrected chi connectivity index (χ1v) is 6.85. The van der Waals surface area contributed by atoms with Gasteiger partial charge in [0.1, 0.15) is 18.1 Å². The Bertz CT molecular complexity index is 660. The third kappa shape index (κ3) is 3.13. The number of pyridine rings is 1. The molecule has 22 heavy (non-hydrogen) atoms. The predicted molar refractivity (Wildman–Crippen MR) is 75.8 cm³/mol. The van der Waals surface area contributed by atoms with E-state index in [0.29, 0.717) is 23.4 Å². The van der Waals surface area contributed by atoms with E-state index in [0.717, 1.165) is 18.7 Å². The van der Waals surface area contributed by atoms with Crippen LogP contribution in [0.4, 0.5) is 5.82 Å². The number of hydrogen-bond acceptors (Lipinski definition) is 7. The summed E-state index contributed by atoms with van der Waals surface area (Å²) in [6, 6.07) is 3.24. The Kier molecular flexibility index (Phi) is 3.86. The third-order valence-corrected chi connectivity index (χ3v) is 3.28. The Balaban J connectivity index is 1.69. The molecule has 1 aliphatic rings. The van der Waals surface area contributed by atoms with Crippen LogP contribution in [0.15, 0.2) is 12.1 Å². The molecule has 1 amide bonds. The number of anilines is 1. The molecule has 1 fully saturated rings. The van der Waals surface area contributed by atoms with Crippen LogP contribution in [-0.2, 0) is 11.3 Å². The van der Waals surface area contributed by atoms with Crippen LogP contribution in [-0.4, -0.2) is 45.3 Å². The third-order valence-electron chi connectivity index (χ3n) is 3.28. The van der Waals surface area contributed by atoms with E-state index in [1.165, 1.54) is 18.9 Å². The van der Waals surface area contributed by atoms with E-state index in [9.17, 15) is 4.79 Å². The van der Waals surface area contributed by atoms with Crippen LogP contribution in [0.25, 0.3) is 0 Å². The molecule has 116 valence electrons. The summed E-state index contributed by atoms with van der Waals surface area (Å²) in [6.07, 6.45) is 2.13. The molecule has 3 rings (SSSR count). The molecular formula is C13H16N6O3. The lowest BCUT2D eigenvalue weighted by Crippen LogP contribution is -2.21. The summed E-state index contributed by atoms with van der Waals surface area (Å²) in [4.78, 5) is 16.3. The van der Waals surface area contributed by atoms with Gasteiger partial charge < -0.3 is 14.8 Å². The number of carbonyl (C=O) groups is 1. The van der Waals surface area contributed by atoms with Gasteiger partial charge in [0.2, 0.25) is 11.8 Å². The van der Waals surface area contributed by atoms with E-state index >= 15 is 0 Å². The summed E-state index contributed by atoms with van der Waals surface area (Å²) in [5.74, 6) is 2.11. The summed E-state index contributed by atoms with van der Waals surface area (Å²) >= 11 is 0. The highest BCUT2D eigenvalue weighted by Gasteiger charge is 2.30. The molecule has 2 aromatic heterocycles. The minimum Gasteiger partial charge on any atom is -0.496 e. The van der Waals surface area contributed by atoms with Crippen molar-refractivity contribution in [3.63, 3.8) is 0 Å². The van der Waals surface area contributed by atoms with Crippen molar-refractivity contribution in [2.45, 2.75) is 25.3 Å². The molecule has 1 aliphatic carbocycles. The van der Waals surface area contributed by atoms with Crippen LogP contribution >= 0.6 is 0 Å². The Labute approximate surface area is 126 Å². The summed E-state index contributed by atoms with van der Waals surface area (Å²) in [5.41, 5.74) is 0. The van der Waals surface area contributed by atoms with Crippen molar-refractivity contribution in [3.8, 4) is 11.6 Å². The molecule has 0 spiro atoms. The maximum absolute atomic E-state index is 12.1. The SMILES string of the molecule is COc1cc(NC(=O)Cn2nnnc2C2CC2)nc(OC)c1. The average Bonchev–Trinajstić information content (AvgIpc) is 3.27. The quantitative estimate of drug-likeness (QED) is 0.833. The fourth-order valence-corrected chi connectivity index (χ4v) is 2.04. The Morgan fingerprint density at radius 1 is 1.36 bits per heavy atom. The fourth-order valence-electron chi connectivity index (χ4n) is 2.04. The zero-order chi connectivity index (χ0) is 15.5. The van der Waals surface area contributed by atoms with Gasteiger partial charge in [-0.05, 0) is 23.3 Å². The van der Waals surface area contributed by atoms with Gasteiger partial charge in [-0.3, -0.25) is 4.79 Å². The van der Waals surface area contributed by atoms with Gasteiger partial charge in [-0.15, -0.1) is 5.10 Å². The average molecular weight is 304 g/mol. The summed E-state index contributed by atoms with van der Waals surface area (Å²) < 4.78 is 11.7. The number of aromatic nitrogens is 5. The van der Waals surface area contributed by atoms with E-state index < -0.39 is 0 Å². The molecule has 0 aromatic carbocycles. The molecule has 0 radical (unpaired) electrons. The second-order valence-corrected chi connectivity index (χ2v) is 4.95. The van der Waals surface area contributed by atoms with E-state index in [1.54, 1.807) is 12.1 Å². The van der Waals surface area contributed by atoms with Gasteiger partial charge in [-0.25, -0.2) is 4.68 Å². The normalized spacial score (nSPS) is 13.7. The number of ether oxygens (including phenoxy) is 2. The molecule has 0 atom stereocenters. The van der Waals surface area contributed by atoms with Crippen molar-refractivity contribution in [3.05, 3.63) is 18.0 Å². The molecule has 0 saturated heterocycles. The lowest BCUT2D eigenvalue weighted by Gasteiger charge is -2.09. The van der Waals surface area contributed by atoms with Crippen LogP contribution in [0.2, 0.25) is 0 Å². The molecule has 9 nitrogen and oxygen atoms in total. The largest absolute Gasteiger partial charge is 0.496 e. The van der Waals surface area contributed by atoms with Crippen molar-refractivity contribution >= 4 is 11.7 Å². The first-order valence-electron chi connectivity index (χ1n) is 6.85. The van der Waals surface area contributed by atoms with Gasteiger partial charge in [-0.2, -0.15) is 4.98 Å². The van der Waals surface area contributed by atoms with Gasteiger partial charge in [0.25, 0.3) is 0 Å². The smallest absolute Gasteiger partial charge is 0.247 e. The minimum absolute atomic E-state index is 0.0417. The maximum atomic E-state index is 12.1. The number of amides is 1. The van der Waals surface area contributed by atoms with E-state index in [-0.39, 0.29) is 12.5 Å². The summed E-state index contributed by atoms with van der Waals surface area (Å²) in [5, 5.41) is 14.1. The highest BCUT2D eigenvalue weighted by Crippen LogP contribution is 2.38. The Morgan fingerprint density at radius 3 is 2.86 bits per heavy atom. The van der Waals surface area contributed by atoms with Crippen molar-refractivity contribution in [2.75, 3.05) is 19.5 Å². The number of carbonyl (C=O) groups excluding carboxylic acids is 1. The lowest BCUT2D eigenvalue weighted by atomic mass is 10.4. The number of nitrogens with one attached hydrogen (secondary N) is 1. The molecule has 0 bridgehead atoms. The molecule has 1 saturated carbocycles. The summed E-state index contributed by atoms with van der Waals surface area (Å²) in [6.45, 7) is 0.0417. The Morgan fingerprint density at radius 2 is 2.18 bits per heavy atom. The fraction of sp³-hybridized carbons (Fsp3) is 0.462. The van der Waals surface area contributed by atoms with Crippen LogP contribution in [0.1, 0.15) is 24.6 Å². The monoisotopic (exact) mass is 304 g/mol. The van der Waals surface area contributed by atoms with Crippen molar-refractivity contribution < 1.29 is 14.3 Å². The summed E-state index contributed by atoms with van der Waals surface area (Å²) in [7, 11) is 3.03. The first kappa shape index (κ1) is 14.2. The maximum Gasteiger partial charge on any atom is 0.247 e. The standard InChI is InChI=1S/C13H16N6O3/c1-21-9-5-10(15-12(6-9)22-2)14-11(20)7-19-13(8-3-4-8)16-17-18-19/h5-6,8H,3-4,7H2,1-2H3,(H,14,15,20). The van der Waals surface area contributed by atoms with Crippen LogP contribution in [0, 0.1) is 0 Å². The highest BCUT2D eigenvalue weighted by molar-refractivity contribution is 5.89. The predicted octanol–water partition coefficient (Wildman–Crippen LogP) is 0.601. The van der Waals surface area contributed by atoms with Gasteiger partial charge >= 0.3 is 0 Å². The second-order valence-electron chi connectivity index (χ2n) is 4.95. The van der Waals surface area contributed by atoms with Crippen molar-refractivity contribution in [2.24, 2.45) is 0 Å². The highest BCUT2D eigenvalue weighted by atomic mass is 16.5. The molecule has 2 heterocycles. The van der Waals surface area contributed by atoms with Gasteiger partial charge in [-0.1, -0.05) is 0 Å².